The Labute approximate surface area is 149 Å². The molecule has 0 bridgehead atoms. The summed E-state index contributed by atoms with van der Waals surface area (Å²) < 4.78 is 5.45. The van der Waals surface area contributed by atoms with Gasteiger partial charge >= 0.3 is 6.03 Å². The lowest BCUT2D eigenvalue weighted by Gasteiger charge is -2.39. The highest BCUT2D eigenvalue weighted by atomic mass is 16.5. The second-order valence-corrected chi connectivity index (χ2v) is 7.02. The second-order valence-electron chi connectivity index (χ2n) is 7.02. The van der Waals surface area contributed by atoms with E-state index in [0.29, 0.717) is 6.04 Å². The summed E-state index contributed by atoms with van der Waals surface area (Å²) in [4.78, 5) is 25.0. The maximum absolute atomic E-state index is 12.6. The molecular formula is C18H29N5O2. The Bertz CT molecular complexity index is 542. The summed E-state index contributed by atoms with van der Waals surface area (Å²) in [5, 5.41) is 3.19. The molecule has 1 aromatic rings. The summed E-state index contributed by atoms with van der Waals surface area (Å²) in [6, 6.07) is 2.65. The zero-order valence-electron chi connectivity index (χ0n) is 15.2. The van der Waals surface area contributed by atoms with Gasteiger partial charge in [-0.15, -0.1) is 0 Å². The Kier molecular flexibility index (Phi) is 6.20. The normalized spacial score (nSPS) is 21.7. The average molecular weight is 347 g/mol. The number of nitrogens with zero attached hydrogens (tertiary/aromatic N) is 4. The number of urea groups is 1. The van der Waals surface area contributed by atoms with Crippen LogP contribution < -0.4 is 5.32 Å². The molecule has 2 fully saturated rings. The molecule has 7 heteroatoms. The van der Waals surface area contributed by atoms with Crippen LogP contribution in [0.15, 0.2) is 18.6 Å². The number of nitrogens with one attached hydrogen (secondary N) is 1. The lowest BCUT2D eigenvalue weighted by molar-refractivity contribution is 0.0241. The third-order valence-corrected chi connectivity index (χ3v) is 5.50. The van der Waals surface area contributed by atoms with Crippen molar-refractivity contribution in [2.24, 2.45) is 0 Å². The van der Waals surface area contributed by atoms with E-state index >= 15 is 0 Å². The van der Waals surface area contributed by atoms with E-state index in [1.807, 2.05) is 20.0 Å². The molecule has 3 rings (SSSR count). The minimum atomic E-state index is -0.0784. The molecule has 2 saturated heterocycles. The topological polar surface area (TPSA) is 70.6 Å². The van der Waals surface area contributed by atoms with Crippen LogP contribution in [0.2, 0.25) is 0 Å². The Balaban J connectivity index is 1.45. The molecule has 138 valence electrons. The molecule has 2 amide bonds. The van der Waals surface area contributed by atoms with Gasteiger partial charge in [-0.2, -0.15) is 0 Å². The number of likely N-dealkylation sites (tertiary alicyclic amines) is 1. The number of hydrogen-bond donors (Lipinski definition) is 1. The van der Waals surface area contributed by atoms with Gasteiger partial charge < -0.3 is 19.9 Å². The molecule has 1 aromatic heterocycles. The van der Waals surface area contributed by atoms with E-state index in [2.05, 4.69) is 20.2 Å². The summed E-state index contributed by atoms with van der Waals surface area (Å²) in [5.41, 5.74) is 0.849. The van der Waals surface area contributed by atoms with Crippen LogP contribution in [-0.4, -0.2) is 71.2 Å². The van der Waals surface area contributed by atoms with Gasteiger partial charge in [0.1, 0.15) is 6.33 Å². The van der Waals surface area contributed by atoms with Crippen molar-refractivity contribution in [1.82, 2.24) is 25.1 Å². The minimum Gasteiger partial charge on any atom is -0.381 e. The van der Waals surface area contributed by atoms with Crippen LogP contribution in [-0.2, 0) is 4.74 Å². The smallest absolute Gasteiger partial charge is 0.317 e. The van der Waals surface area contributed by atoms with Crippen LogP contribution in [0.5, 0.6) is 0 Å². The number of carbonyl (C=O) groups excluding carboxylic acids is 1. The van der Waals surface area contributed by atoms with E-state index in [9.17, 15) is 4.79 Å². The maximum atomic E-state index is 12.6. The van der Waals surface area contributed by atoms with Crippen molar-refractivity contribution in [2.45, 2.75) is 50.7 Å². The van der Waals surface area contributed by atoms with Crippen LogP contribution in [0.3, 0.4) is 0 Å². The minimum absolute atomic E-state index is 0.0318. The molecule has 2 aliphatic heterocycles. The van der Waals surface area contributed by atoms with Crippen molar-refractivity contribution in [3.05, 3.63) is 24.3 Å². The van der Waals surface area contributed by atoms with Crippen molar-refractivity contribution >= 4 is 6.03 Å². The van der Waals surface area contributed by atoms with Crippen molar-refractivity contribution < 1.29 is 9.53 Å². The Hall–Kier alpha value is -1.73. The van der Waals surface area contributed by atoms with Crippen LogP contribution in [0, 0.1) is 0 Å². The standard InChI is InChI=1S/C18H29N5O2/c1-14(17-3-8-19-13-20-17)22(2)18(24)21-15-4-9-23(10-5-15)16-6-11-25-12-7-16/h3,8,13-16H,4-7,9-12H2,1-2H3,(H,21,24)/t14-/m0/s1. The maximum Gasteiger partial charge on any atom is 0.317 e. The summed E-state index contributed by atoms with van der Waals surface area (Å²) in [6.07, 6.45) is 7.52. The monoisotopic (exact) mass is 347 g/mol. The van der Waals surface area contributed by atoms with Gasteiger partial charge in [-0.05, 0) is 38.7 Å². The van der Waals surface area contributed by atoms with Crippen LogP contribution in [0.1, 0.15) is 44.3 Å². The van der Waals surface area contributed by atoms with Crippen LogP contribution in [0.4, 0.5) is 4.79 Å². The molecule has 0 aliphatic carbocycles. The predicted octanol–water partition coefficient (Wildman–Crippen LogP) is 1.82. The summed E-state index contributed by atoms with van der Waals surface area (Å²) in [6.45, 7) is 5.86. The first-order valence-electron chi connectivity index (χ1n) is 9.26. The first-order valence-corrected chi connectivity index (χ1v) is 9.26. The molecule has 0 spiro atoms. The van der Waals surface area contributed by atoms with Gasteiger partial charge in [-0.1, -0.05) is 0 Å². The molecule has 1 N–H and O–H groups in total. The zero-order valence-corrected chi connectivity index (χ0v) is 15.2. The molecule has 0 unspecified atom stereocenters. The molecule has 2 aliphatic rings. The van der Waals surface area contributed by atoms with Gasteiger partial charge in [0.2, 0.25) is 0 Å². The number of piperidine rings is 1. The fraction of sp³-hybridized carbons (Fsp3) is 0.722. The number of amides is 2. The summed E-state index contributed by atoms with van der Waals surface area (Å²) in [7, 11) is 1.82. The molecule has 0 saturated carbocycles. The number of carbonyl (C=O) groups is 1. The largest absolute Gasteiger partial charge is 0.381 e. The third-order valence-electron chi connectivity index (χ3n) is 5.50. The van der Waals surface area contributed by atoms with E-state index in [-0.39, 0.29) is 18.1 Å². The van der Waals surface area contributed by atoms with Gasteiger partial charge in [0.15, 0.2) is 0 Å². The van der Waals surface area contributed by atoms with Crippen molar-refractivity contribution in [1.29, 1.82) is 0 Å². The highest BCUT2D eigenvalue weighted by Crippen LogP contribution is 2.21. The van der Waals surface area contributed by atoms with E-state index in [4.69, 9.17) is 4.74 Å². The Morgan fingerprint density at radius 1 is 1.32 bits per heavy atom. The van der Waals surface area contributed by atoms with E-state index in [0.717, 1.165) is 57.7 Å². The first kappa shape index (κ1) is 18.1. The van der Waals surface area contributed by atoms with E-state index in [1.165, 1.54) is 6.33 Å². The molecule has 0 aromatic carbocycles. The van der Waals surface area contributed by atoms with Crippen LogP contribution >= 0.6 is 0 Å². The van der Waals surface area contributed by atoms with Crippen LogP contribution in [0.25, 0.3) is 0 Å². The molecule has 25 heavy (non-hydrogen) atoms. The van der Waals surface area contributed by atoms with E-state index in [1.54, 1.807) is 11.1 Å². The van der Waals surface area contributed by atoms with Crippen molar-refractivity contribution in [2.75, 3.05) is 33.4 Å². The number of aromatic nitrogens is 2. The van der Waals surface area contributed by atoms with Gasteiger partial charge in [0, 0.05) is 51.6 Å². The van der Waals surface area contributed by atoms with Gasteiger partial charge in [-0.25, -0.2) is 14.8 Å². The predicted molar refractivity (Wildman–Crippen MR) is 95.2 cm³/mol. The Morgan fingerprint density at radius 2 is 2.04 bits per heavy atom. The van der Waals surface area contributed by atoms with Gasteiger partial charge in [0.25, 0.3) is 0 Å². The number of ether oxygens (including phenoxy) is 1. The highest BCUT2D eigenvalue weighted by Gasteiger charge is 2.28. The fourth-order valence-corrected chi connectivity index (χ4v) is 3.66. The SMILES string of the molecule is C[C@@H](c1ccncn1)N(C)C(=O)NC1CCN(C2CCOCC2)CC1. The van der Waals surface area contributed by atoms with Gasteiger partial charge in [0.05, 0.1) is 11.7 Å². The summed E-state index contributed by atoms with van der Waals surface area (Å²) in [5.74, 6) is 0. The van der Waals surface area contributed by atoms with Crippen molar-refractivity contribution in [3.63, 3.8) is 0 Å². The molecule has 1 atom stereocenters. The summed E-state index contributed by atoms with van der Waals surface area (Å²) >= 11 is 0. The first-order chi connectivity index (χ1) is 12.1. The Morgan fingerprint density at radius 3 is 2.68 bits per heavy atom. The third kappa shape index (κ3) is 4.67. The zero-order chi connectivity index (χ0) is 17.6. The lowest BCUT2D eigenvalue weighted by Crippen LogP contribution is -2.51. The van der Waals surface area contributed by atoms with Crippen molar-refractivity contribution in [3.8, 4) is 0 Å². The van der Waals surface area contributed by atoms with E-state index < -0.39 is 0 Å². The molecule has 0 radical (unpaired) electrons. The average Bonchev–Trinajstić information content (AvgIpc) is 2.68. The second kappa shape index (κ2) is 8.58. The molecular weight excluding hydrogens is 318 g/mol. The number of hydrogen-bond acceptors (Lipinski definition) is 5. The lowest BCUT2D eigenvalue weighted by atomic mass is 10.00. The molecule has 7 nitrogen and oxygen atoms in total. The fourth-order valence-electron chi connectivity index (χ4n) is 3.66. The highest BCUT2D eigenvalue weighted by molar-refractivity contribution is 5.74. The molecule has 3 heterocycles. The quantitative estimate of drug-likeness (QED) is 0.900. The van der Waals surface area contributed by atoms with Gasteiger partial charge in [-0.3, -0.25) is 0 Å². The number of rotatable bonds is 4.